The minimum absolute atomic E-state index is 0.166. The normalized spacial score (nSPS) is 20.7. The number of phenolic OH excluding ortho intramolecular Hbond substituents is 1. The van der Waals surface area contributed by atoms with Crippen molar-refractivity contribution in [2.24, 2.45) is 0 Å². The van der Waals surface area contributed by atoms with Crippen LogP contribution < -0.4 is 19.4 Å². The number of hydrogen-bond donors (Lipinski definition) is 2. The molecular weight excluding hydrogens is 358 g/mol. The number of ether oxygens (including phenoxy) is 1. The molecule has 2 amide bonds. The van der Waals surface area contributed by atoms with Gasteiger partial charge in [-0.15, -0.1) is 0 Å². The summed E-state index contributed by atoms with van der Waals surface area (Å²) in [7, 11) is 1.53. The Kier molecular flexibility index (Phi) is 4.92. The maximum Gasteiger partial charge on any atom is 0.292 e. The minimum atomic E-state index is -0.371. The Bertz CT molecular complexity index is 893. The summed E-state index contributed by atoms with van der Waals surface area (Å²) in [6.45, 7) is 2.91. The van der Waals surface area contributed by atoms with Crippen molar-refractivity contribution < 1.29 is 24.3 Å². The average Bonchev–Trinajstić information content (AvgIpc) is 3.02. The van der Waals surface area contributed by atoms with Gasteiger partial charge in [-0.1, -0.05) is 24.3 Å². The zero-order valence-electron chi connectivity index (χ0n) is 15.8. The van der Waals surface area contributed by atoms with E-state index in [2.05, 4.69) is 4.90 Å². The van der Waals surface area contributed by atoms with Crippen LogP contribution in [0.3, 0.4) is 0 Å². The van der Waals surface area contributed by atoms with E-state index in [1.165, 1.54) is 12.0 Å². The summed E-state index contributed by atoms with van der Waals surface area (Å²) in [6.07, 6.45) is 0.211. The van der Waals surface area contributed by atoms with Crippen molar-refractivity contribution in [2.45, 2.75) is 12.5 Å². The minimum Gasteiger partial charge on any atom is -0.506 e. The van der Waals surface area contributed by atoms with Crippen molar-refractivity contribution in [3.05, 3.63) is 48.5 Å². The van der Waals surface area contributed by atoms with Gasteiger partial charge in [-0.3, -0.25) is 9.59 Å². The molecule has 0 unspecified atom stereocenters. The SMILES string of the molecule is COc1ccccc1N1C(=O)C[C@@H]([NH+]2CCN(c3ccccc3O)CC2)C1=O. The smallest absolute Gasteiger partial charge is 0.292 e. The first-order valence-corrected chi connectivity index (χ1v) is 9.47. The van der Waals surface area contributed by atoms with E-state index in [-0.39, 0.29) is 30.0 Å². The molecule has 1 atom stereocenters. The molecule has 0 aromatic heterocycles. The van der Waals surface area contributed by atoms with Crippen molar-refractivity contribution in [2.75, 3.05) is 43.1 Å². The van der Waals surface area contributed by atoms with Crippen LogP contribution in [0.2, 0.25) is 0 Å². The third kappa shape index (κ3) is 3.18. The molecule has 0 saturated carbocycles. The van der Waals surface area contributed by atoms with E-state index < -0.39 is 0 Å². The van der Waals surface area contributed by atoms with Crippen molar-refractivity contribution in [3.63, 3.8) is 0 Å². The molecule has 146 valence electrons. The number of phenols is 1. The number of carbonyl (C=O) groups excluding carboxylic acids is 2. The number of anilines is 2. The summed E-state index contributed by atoms with van der Waals surface area (Å²) in [4.78, 5) is 30.2. The molecule has 2 aliphatic heterocycles. The standard InChI is InChI=1S/C21H23N3O4/c1-28-19-9-5-3-7-16(19)24-20(26)14-17(21(24)27)23-12-10-22(11-13-23)15-6-2-4-8-18(15)25/h2-9,17,25H,10-14H2,1H3/p+1/t17-/m1/s1. The molecule has 4 rings (SSSR count). The van der Waals surface area contributed by atoms with E-state index in [4.69, 9.17) is 4.74 Å². The Balaban J connectivity index is 1.47. The number of para-hydroxylation sites is 4. The Labute approximate surface area is 163 Å². The fraction of sp³-hybridized carbons (Fsp3) is 0.333. The highest BCUT2D eigenvalue weighted by atomic mass is 16.5. The molecule has 2 aliphatic rings. The topological polar surface area (TPSA) is 74.5 Å². The molecule has 2 heterocycles. The number of aromatic hydroxyl groups is 1. The molecule has 0 radical (unpaired) electrons. The van der Waals surface area contributed by atoms with Gasteiger partial charge in [0.25, 0.3) is 5.91 Å². The van der Waals surface area contributed by atoms with Crippen LogP contribution >= 0.6 is 0 Å². The van der Waals surface area contributed by atoms with Crippen molar-refractivity contribution >= 4 is 23.2 Å². The number of nitrogens with one attached hydrogen (secondary N) is 1. The summed E-state index contributed by atoms with van der Waals surface area (Å²) < 4.78 is 5.33. The Hall–Kier alpha value is -3.06. The Morgan fingerprint density at radius 3 is 2.32 bits per heavy atom. The summed E-state index contributed by atoms with van der Waals surface area (Å²) in [5, 5.41) is 10.1. The number of hydrogen-bond acceptors (Lipinski definition) is 5. The van der Waals surface area contributed by atoms with E-state index in [0.717, 1.165) is 36.8 Å². The van der Waals surface area contributed by atoms with Gasteiger partial charge in [0, 0.05) is 0 Å². The Morgan fingerprint density at radius 2 is 1.64 bits per heavy atom. The van der Waals surface area contributed by atoms with Crippen LogP contribution in [0.4, 0.5) is 11.4 Å². The van der Waals surface area contributed by atoms with E-state index in [9.17, 15) is 14.7 Å². The van der Waals surface area contributed by atoms with Crippen LogP contribution in [0.5, 0.6) is 11.5 Å². The van der Waals surface area contributed by atoms with Gasteiger partial charge in [-0.25, -0.2) is 4.90 Å². The molecule has 2 saturated heterocycles. The highest BCUT2D eigenvalue weighted by molar-refractivity contribution is 6.22. The van der Waals surface area contributed by atoms with Crippen LogP contribution in [0.15, 0.2) is 48.5 Å². The zero-order valence-corrected chi connectivity index (χ0v) is 15.8. The zero-order chi connectivity index (χ0) is 19.7. The van der Waals surface area contributed by atoms with Gasteiger partial charge in [0.15, 0.2) is 6.04 Å². The summed E-state index contributed by atoms with van der Waals surface area (Å²) in [6, 6.07) is 14.0. The predicted molar refractivity (Wildman–Crippen MR) is 105 cm³/mol. The van der Waals surface area contributed by atoms with Gasteiger partial charge in [0.1, 0.15) is 11.5 Å². The number of methoxy groups -OCH3 is 1. The van der Waals surface area contributed by atoms with Crippen LogP contribution in [0.25, 0.3) is 0 Å². The highest BCUT2D eigenvalue weighted by Crippen LogP contribution is 2.31. The lowest BCUT2D eigenvalue weighted by Gasteiger charge is -2.35. The van der Waals surface area contributed by atoms with E-state index >= 15 is 0 Å². The Morgan fingerprint density at radius 1 is 1.00 bits per heavy atom. The second-order valence-corrected chi connectivity index (χ2v) is 7.13. The molecule has 7 heteroatoms. The number of imide groups is 1. The number of amides is 2. The van der Waals surface area contributed by atoms with Gasteiger partial charge in [-0.05, 0) is 24.3 Å². The average molecular weight is 382 g/mol. The second kappa shape index (κ2) is 7.52. The summed E-state index contributed by atoms with van der Waals surface area (Å²) in [5.41, 5.74) is 1.32. The third-order valence-corrected chi connectivity index (χ3v) is 5.59. The number of rotatable bonds is 4. The third-order valence-electron chi connectivity index (χ3n) is 5.59. The molecule has 0 aliphatic carbocycles. The molecule has 2 aromatic carbocycles. The maximum absolute atomic E-state index is 13.1. The van der Waals surface area contributed by atoms with Crippen molar-refractivity contribution in [1.82, 2.24) is 0 Å². The van der Waals surface area contributed by atoms with Gasteiger partial charge in [0.05, 0.1) is 51.1 Å². The van der Waals surface area contributed by atoms with Crippen molar-refractivity contribution in [3.8, 4) is 11.5 Å². The summed E-state index contributed by atoms with van der Waals surface area (Å²) in [5.74, 6) is 0.431. The summed E-state index contributed by atoms with van der Waals surface area (Å²) >= 11 is 0. The largest absolute Gasteiger partial charge is 0.506 e. The number of piperazine rings is 1. The fourth-order valence-electron chi connectivity index (χ4n) is 4.13. The van der Waals surface area contributed by atoms with Gasteiger partial charge in [0.2, 0.25) is 5.91 Å². The monoisotopic (exact) mass is 382 g/mol. The second-order valence-electron chi connectivity index (χ2n) is 7.13. The molecule has 2 aromatic rings. The maximum atomic E-state index is 13.1. The molecule has 2 fully saturated rings. The highest BCUT2D eigenvalue weighted by Gasteiger charge is 2.47. The molecule has 7 nitrogen and oxygen atoms in total. The molecule has 28 heavy (non-hydrogen) atoms. The predicted octanol–water partition coefficient (Wildman–Crippen LogP) is 0.438. The van der Waals surface area contributed by atoms with Crippen LogP contribution in [-0.4, -0.2) is 56.3 Å². The van der Waals surface area contributed by atoms with E-state index in [1.54, 1.807) is 30.3 Å². The number of benzene rings is 2. The fourth-order valence-corrected chi connectivity index (χ4v) is 4.13. The van der Waals surface area contributed by atoms with Crippen LogP contribution in [-0.2, 0) is 9.59 Å². The molecule has 2 N–H and O–H groups in total. The van der Waals surface area contributed by atoms with Gasteiger partial charge >= 0.3 is 0 Å². The number of quaternary nitrogens is 1. The lowest BCUT2D eigenvalue weighted by atomic mass is 10.1. The van der Waals surface area contributed by atoms with Gasteiger partial charge < -0.3 is 19.6 Å². The lowest BCUT2D eigenvalue weighted by Crippen LogP contribution is -3.19. The molecular formula is C21H24N3O4+. The van der Waals surface area contributed by atoms with E-state index in [0.29, 0.717) is 11.4 Å². The lowest BCUT2D eigenvalue weighted by molar-refractivity contribution is -0.915. The van der Waals surface area contributed by atoms with Crippen molar-refractivity contribution in [1.29, 1.82) is 0 Å². The van der Waals surface area contributed by atoms with Crippen LogP contribution in [0, 0.1) is 0 Å². The first-order chi connectivity index (χ1) is 13.6. The van der Waals surface area contributed by atoms with Crippen LogP contribution in [0.1, 0.15) is 6.42 Å². The molecule has 0 spiro atoms. The first kappa shape index (κ1) is 18.3. The van der Waals surface area contributed by atoms with Gasteiger partial charge in [-0.2, -0.15) is 0 Å². The number of carbonyl (C=O) groups is 2. The quantitative estimate of drug-likeness (QED) is 0.751. The first-order valence-electron chi connectivity index (χ1n) is 9.47. The number of nitrogens with zero attached hydrogens (tertiary/aromatic N) is 2. The molecule has 0 bridgehead atoms. The van der Waals surface area contributed by atoms with E-state index in [1.807, 2.05) is 18.2 Å².